The molecule has 1 saturated carbocycles. The first kappa shape index (κ1) is 32.3. The van der Waals surface area contributed by atoms with Gasteiger partial charge in [-0.05, 0) is 49.6 Å². The molecule has 0 radical (unpaired) electrons. The van der Waals surface area contributed by atoms with Gasteiger partial charge in [-0.15, -0.1) is 0 Å². The third-order valence-corrected chi connectivity index (χ3v) is 8.88. The quantitative estimate of drug-likeness (QED) is 0.330. The van der Waals surface area contributed by atoms with Crippen LogP contribution in [0.15, 0.2) is 36.4 Å². The number of anilines is 1. The molecule has 0 heterocycles. The largest absolute Gasteiger partial charge is 0.417 e. The van der Waals surface area contributed by atoms with Crippen LogP contribution >= 0.6 is 34.8 Å². The van der Waals surface area contributed by atoms with Gasteiger partial charge >= 0.3 is 6.18 Å². The molecule has 2 aromatic rings. The minimum Gasteiger partial charge on any atom is -0.352 e. The molecule has 1 fully saturated rings. The highest BCUT2D eigenvalue weighted by molar-refractivity contribution is 7.92. The van der Waals surface area contributed by atoms with E-state index in [1.807, 2.05) is 0 Å². The molecule has 0 spiro atoms. The number of sulfonamides is 1. The summed E-state index contributed by atoms with van der Waals surface area (Å²) in [7, 11) is -4.26. The third-order valence-electron chi connectivity index (χ3n) is 6.70. The standard InChI is InChI=1S/C26H29Cl3F3N3O4S/c1-3-23(25(37)33-16-7-4-5-8-16)34(14-18-20(27)9-6-10-21(18)28)24(36)15-35(40(2,38)39)17-11-12-22(29)19(13-17)26(30,31)32/h6,9-13,16,23H,3-5,7-8,14-15H2,1-2H3,(H,33,37)/t23-/m1/s1. The van der Waals surface area contributed by atoms with Crippen LogP contribution in [0.1, 0.15) is 50.2 Å². The summed E-state index contributed by atoms with van der Waals surface area (Å²) in [5, 5.41) is 2.78. The Morgan fingerprint density at radius 2 is 1.65 bits per heavy atom. The molecule has 14 heteroatoms. The third kappa shape index (κ3) is 7.96. The van der Waals surface area contributed by atoms with Crippen molar-refractivity contribution in [2.24, 2.45) is 0 Å². The maximum absolute atomic E-state index is 13.8. The van der Waals surface area contributed by atoms with E-state index in [-0.39, 0.29) is 29.1 Å². The number of halogens is 6. The Kier molecular flexibility index (Phi) is 10.6. The Bertz CT molecular complexity index is 1330. The minimum absolute atomic E-state index is 0.0511. The fraction of sp³-hybridized carbons (Fsp3) is 0.462. The molecule has 2 aromatic carbocycles. The fourth-order valence-corrected chi connectivity index (χ4v) is 6.22. The van der Waals surface area contributed by atoms with E-state index in [0.29, 0.717) is 15.9 Å². The molecule has 7 nitrogen and oxygen atoms in total. The number of carbonyl (C=O) groups excluding carboxylic acids is 2. The number of hydrogen-bond acceptors (Lipinski definition) is 4. The SMILES string of the molecule is CC[C@H](C(=O)NC1CCCC1)N(Cc1c(Cl)cccc1Cl)C(=O)CN(c1ccc(Cl)c(C(F)(F)F)c1)S(C)(=O)=O. The normalized spacial score (nSPS) is 15.1. The van der Waals surface area contributed by atoms with Crippen LogP contribution in [0.3, 0.4) is 0 Å². The van der Waals surface area contributed by atoms with E-state index in [1.54, 1.807) is 25.1 Å². The summed E-state index contributed by atoms with van der Waals surface area (Å²) in [5.41, 5.74) is -1.33. The Labute approximate surface area is 246 Å². The van der Waals surface area contributed by atoms with Crippen molar-refractivity contribution in [1.82, 2.24) is 10.2 Å². The van der Waals surface area contributed by atoms with Crippen molar-refractivity contribution < 1.29 is 31.2 Å². The van der Waals surface area contributed by atoms with Crippen LogP contribution in [-0.4, -0.2) is 50.0 Å². The van der Waals surface area contributed by atoms with Crippen molar-refractivity contribution in [3.63, 3.8) is 0 Å². The molecule has 0 bridgehead atoms. The first-order chi connectivity index (χ1) is 18.6. The molecular weight excluding hydrogens is 614 g/mol. The van der Waals surface area contributed by atoms with Crippen LogP contribution in [0.2, 0.25) is 15.1 Å². The Morgan fingerprint density at radius 1 is 1.05 bits per heavy atom. The highest BCUT2D eigenvalue weighted by atomic mass is 35.5. The second kappa shape index (κ2) is 13.2. The predicted octanol–water partition coefficient (Wildman–Crippen LogP) is 6.30. The molecule has 220 valence electrons. The van der Waals surface area contributed by atoms with E-state index in [0.717, 1.165) is 49.0 Å². The van der Waals surface area contributed by atoms with Gasteiger partial charge in [0, 0.05) is 28.2 Å². The number of rotatable bonds is 10. The number of nitrogens with zero attached hydrogens (tertiary/aromatic N) is 2. The maximum atomic E-state index is 13.8. The highest BCUT2D eigenvalue weighted by Crippen LogP contribution is 2.37. The molecule has 40 heavy (non-hydrogen) atoms. The predicted molar refractivity (Wildman–Crippen MR) is 150 cm³/mol. The lowest BCUT2D eigenvalue weighted by Crippen LogP contribution is -2.53. The van der Waals surface area contributed by atoms with Gasteiger partial charge in [-0.2, -0.15) is 13.2 Å². The van der Waals surface area contributed by atoms with Gasteiger partial charge in [-0.3, -0.25) is 13.9 Å². The highest BCUT2D eigenvalue weighted by Gasteiger charge is 2.36. The lowest BCUT2D eigenvalue weighted by Gasteiger charge is -2.34. The molecule has 1 N–H and O–H groups in total. The van der Waals surface area contributed by atoms with Gasteiger partial charge in [0.25, 0.3) is 0 Å². The number of alkyl halides is 3. The van der Waals surface area contributed by atoms with Crippen LogP contribution in [-0.2, 0) is 32.3 Å². The van der Waals surface area contributed by atoms with Gasteiger partial charge < -0.3 is 10.2 Å². The second-order valence-corrected chi connectivity index (χ2v) is 12.7. The average molecular weight is 643 g/mol. The van der Waals surface area contributed by atoms with Gasteiger partial charge in [0.2, 0.25) is 21.8 Å². The number of hydrogen-bond donors (Lipinski definition) is 1. The van der Waals surface area contributed by atoms with Crippen molar-refractivity contribution in [1.29, 1.82) is 0 Å². The molecule has 1 aliphatic rings. The monoisotopic (exact) mass is 641 g/mol. The summed E-state index contributed by atoms with van der Waals surface area (Å²) >= 11 is 18.4. The van der Waals surface area contributed by atoms with E-state index in [1.165, 1.54) is 0 Å². The molecule has 0 unspecified atom stereocenters. The second-order valence-electron chi connectivity index (χ2n) is 9.57. The van der Waals surface area contributed by atoms with Gasteiger partial charge in [0.1, 0.15) is 12.6 Å². The molecule has 0 saturated heterocycles. The molecule has 1 aliphatic carbocycles. The zero-order valence-electron chi connectivity index (χ0n) is 21.8. The fourth-order valence-electron chi connectivity index (χ4n) is 4.64. The Hall–Kier alpha value is -2.21. The van der Waals surface area contributed by atoms with Crippen LogP contribution in [0.4, 0.5) is 18.9 Å². The topological polar surface area (TPSA) is 86.8 Å². The van der Waals surface area contributed by atoms with E-state index in [9.17, 15) is 31.2 Å². The van der Waals surface area contributed by atoms with Crippen molar-refractivity contribution in [2.75, 3.05) is 17.1 Å². The van der Waals surface area contributed by atoms with Crippen LogP contribution in [0.25, 0.3) is 0 Å². The van der Waals surface area contributed by atoms with Crippen molar-refractivity contribution >= 4 is 62.3 Å². The lowest BCUT2D eigenvalue weighted by molar-refractivity contribution is -0.140. The van der Waals surface area contributed by atoms with Gasteiger partial charge in [0.05, 0.1) is 22.5 Å². The summed E-state index contributed by atoms with van der Waals surface area (Å²) in [6, 6.07) is 6.19. The number of carbonyl (C=O) groups is 2. The van der Waals surface area contributed by atoms with E-state index < -0.39 is 56.9 Å². The zero-order chi connectivity index (χ0) is 29.8. The smallest absolute Gasteiger partial charge is 0.352 e. The molecule has 2 amide bonds. The summed E-state index contributed by atoms with van der Waals surface area (Å²) in [6.45, 7) is 0.573. The van der Waals surface area contributed by atoms with E-state index in [2.05, 4.69) is 5.32 Å². The van der Waals surface area contributed by atoms with Gasteiger partial charge in [-0.25, -0.2) is 8.42 Å². The van der Waals surface area contributed by atoms with Gasteiger partial charge in [0.15, 0.2) is 0 Å². The zero-order valence-corrected chi connectivity index (χ0v) is 24.9. The molecule has 0 aromatic heterocycles. The van der Waals surface area contributed by atoms with Crippen molar-refractivity contribution in [3.05, 3.63) is 62.6 Å². The molecule has 1 atom stereocenters. The van der Waals surface area contributed by atoms with Crippen molar-refractivity contribution in [2.45, 2.75) is 63.8 Å². The number of amides is 2. The number of benzene rings is 2. The molecule has 0 aliphatic heterocycles. The first-order valence-corrected chi connectivity index (χ1v) is 15.5. The Balaban J connectivity index is 2.02. The van der Waals surface area contributed by atoms with Crippen LogP contribution < -0.4 is 9.62 Å². The number of nitrogens with one attached hydrogen (secondary N) is 1. The maximum Gasteiger partial charge on any atom is 0.417 e. The van der Waals surface area contributed by atoms with E-state index in [4.69, 9.17) is 34.8 Å². The van der Waals surface area contributed by atoms with Crippen LogP contribution in [0, 0.1) is 0 Å². The average Bonchev–Trinajstić information content (AvgIpc) is 3.36. The molecule has 3 rings (SSSR count). The molecular formula is C26H29Cl3F3N3O4S. The first-order valence-electron chi connectivity index (χ1n) is 12.5. The minimum atomic E-state index is -4.86. The lowest BCUT2D eigenvalue weighted by atomic mass is 10.1. The van der Waals surface area contributed by atoms with Gasteiger partial charge in [-0.1, -0.05) is 60.6 Å². The summed E-state index contributed by atoms with van der Waals surface area (Å²) in [6.07, 6.45) is -0.405. The van der Waals surface area contributed by atoms with Crippen LogP contribution in [0.5, 0.6) is 0 Å². The van der Waals surface area contributed by atoms with Crippen molar-refractivity contribution in [3.8, 4) is 0 Å². The summed E-state index contributed by atoms with van der Waals surface area (Å²) in [5.74, 6) is -1.26. The Morgan fingerprint density at radius 3 is 2.17 bits per heavy atom. The van der Waals surface area contributed by atoms with E-state index >= 15 is 0 Å². The summed E-state index contributed by atoms with van der Waals surface area (Å²) in [4.78, 5) is 28.3. The summed E-state index contributed by atoms with van der Waals surface area (Å²) < 4.78 is 66.5.